The van der Waals surface area contributed by atoms with Crippen LogP contribution in [-0.4, -0.2) is 19.7 Å². The topological polar surface area (TPSA) is 85.9 Å². The molecular weight excluding hydrogens is 246 g/mol. The molecule has 0 aliphatic rings. The van der Waals surface area contributed by atoms with Crippen LogP contribution in [0.15, 0.2) is 18.5 Å². The van der Waals surface area contributed by atoms with Crippen molar-refractivity contribution < 1.29 is 4.92 Å². The monoisotopic (exact) mass is 261 g/mol. The molecule has 0 radical (unpaired) electrons. The van der Waals surface area contributed by atoms with E-state index < -0.39 is 4.92 Å². The number of pyridine rings is 1. The van der Waals surface area contributed by atoms with Crippen LogP contribution in [0.3, 0.4) is 0 Å². The molecule has 1 N–H and O–H groups in total. The van der Waals surface area contributed by atoms with E-state index in [1.54, 1.807) is 17.8 Å². The number of nitrogens with zero attached hydrogens (tertiary/aromatic N) is 4. The molecule has 0 fully saturated rings. The smallest absolute Gasteiger partial charge is 0.311 e. The summed E-state index contributed by atoms with van der Waals surface area (Å²) in [5.41, 5.74) is 2.63. The Labute approximate surface area is 110 Å². The normalized spacial score (nSPS) is 10.5. The van der Waals surface area contributed by atoms with Gasteiger partial charge in [-0.3, -0.25) is 14.8 Å². The number of aromatic nitrogens is 3. The van der Waals surface area contributed by atoms with Crippen molar-refractivity contribution in [2.24, 2.45) is 7.05 Å². The van der Waals surface area contributed by atoms with E-state index in [1.807, 2.05) is 20.2 Å². The fourth-order valence-electron chi connectivity index (χ4n) is 1.83. The summed E-state index contributed by atoms with van der Waals surface area (Å²) in [6.45, 7) is 4.12. The van der Waals surface area contributed by atoms with E-state index >= 15 is 0 Å². The third-order valence-electron chi connectivity index (χ3n) is 2.76. The van der Waals surface area contributed by atoms with Gasteiger partial charge in [-0.1, -0.05) is 0 Å². The summed E-state index contributed by atoms with van der Waals surface area (Å²) in [5.74, 6) is 0.277. The minimum absolute atomic E-state index is 0.0125. The van der Waals surface area contributed by atoms with Gasteiger partial charge in [0, 0.05) is 37.6 Å². The Bertz CT molecular complexity index is 621. The summed E-state index contributed by atoms with van der Waals surface area (Å²) in [6.07, 6.45) is 3.48. The maximum Gasteiger partial charge on any atom is 0.311 e. The third kappa shape index (κ3) is 2.87. The standard InChI is InChI=1S/C12H15N5O2/c1-8-4-11(17(18)19)12(13-5-8)14-6-10-7-16(3)15-9(10)2/h4-5,7H,6H2,1-3H3,(H,13,14). The SMILES string of the molecule is Cc1cnc(NCc2cn(C)nc2C)c([N+](=O)[O-])c1. The van der Waals surface area contributed by atoms with Crippen LogP contribution >= 0.6 is 0 Å². The molecule has 0 aromatic carbocycles. The molecule has 2 rings (SSSR count). The van der Waals surface area contributed by atoms with Crippen LogP contribution in [0.5, 0.6) is 0 Å². The lowest BCUT2D eigenvalue weighted by Crippen LogP contribution is -2.05. The van der Waals surface area contributed by atoms with Gasteiger partial charge < -0.3 is 5.32 Å². The molecule has 0 saturated heterocycles. The van der Waals surface area contributed by atoms with Crippen LogP contribution in [0.25, 0.3) is 0 Å². The highest BCUT2D eigenvalue weighted by Gasteiger charge is 2.15. The van der Waals surface area contributed by atoms with Gasteiger partial charge >= 0.3 is 5.69 Å². The molecule has 0 aliphatic carbocycles. The Morgan fingerprint density at radius 3 is 2.79 bits per heavy atom. The zero-order chi connectivity index (χ0) is 14.0. The number of hydrogen-bond donors (Lipinski definition) is 1. The van der Waals surface area contributed by atoms with Gasteiger partial charge in [0.05, 0.1) is 10.6 Å². The Balaban J connectivity index is 2.20. The predicted octanol–water partition coefficient (Wildman–Crippen LogP) is 1.95. The maximum absolute atomic E-state index is 11.0. The van der Waals surface area contributed by atoms with Gasteiger partial charge in [-0.2, -0.15) is 5.10 Å². The molecule has 0 aliphatic heterocycles. The molecule has 2 aromatic rings. The average molecular weight is 261 g/mol. The summed E-state index contributed by atoms with van der Waals surface area (Å²) < 4.78 is 1.71. The lowest BCUT2D eigenvalue weighted by atomic mass is 10.2. The van der Waals surface area contributed by atoms with E-state index in [4.69, 9.17) is 0 Å². The summed E-state index contributed by atoms with van der Waals surface area (Å²) >= 11 is 0. The quantitative estimate of drug-likeness (QED) is 0.671. The minimum Gasteiger partial charge on any atom is -0.360 e. The summed E-state index contributed by atoms with van der Waals surface area (Å²) in [5, 5.41) is 18.2. The van der Waals surface area contributed by atoms with Crippen LogP contribution in [-0.2, 0) is 13.6 Å². The van der Waals surface area contributed by atoms with Crippen LogP contribution in [0.2, 0.25) is 0 Å². The molecule has 0 saturated carbocycles. The van der Waals surface area contributed by atoms with Crippen molar-refractivity contribution in [3.8, 4) is 0 Å². The second-order valence-electron chi connectivity index (χ2n) is 4.40. The highest BCUT2D eigenvalue weighted by atomic mass is 16.6. The molecule has 0 unspecified atom stereocenters. The van der Waals surface area contributed by atoms with E-state index in [0.29, 0.717) is 6.54 Å². The first-order valence-corrected chi connectivity index (χ1v) is 5.81. The van der Waals surface area contributed by atoms with Crippen molar-refractivity contribution >= 4 is 11.5 Å². The first-order valence-electron chi connectivity index (χ1n) is 5.81. The lowest BCUT2D eigenvalue weighted by molar-refractivity contribution is -0.384. The molecule has 0 bridgehead atoms. The van der Waals surface area contributed by atoms with Crippen molar-refractivity contribution in [1.82, 2.24) is 14.8 Å². The number of anilines is 1. The predicted molar refractivity (Wildman–Crippen MR) is 70.9 cm³/mol. The highest BCUT2D eigenvalue weighted by Crippen LogP contribution is 2.23. The Morgan fingerprint density at radius 2 is 2.21 bits per heavy atom. The number of rotatable bonds is 4. The van der Waals surface area contributed by atoms with Gasteiger partial charge in [-0.15, -0.1) is 0 Å². The fraction of sp³-hybridized carbons (Fsp3) is 0.333. The minimum atomic E-state index is -0.432. The molecule has 2 heterocycles. The molecule has 100 valence electrons. The zero-order valence-electron chi connectivity index (χ0n) is 11.0. The molecule has 7 heteroatoms. The van der Waals surface area contributed by atoms with Crippen molar-refractivity contribution in [3.05, 3.63) is 45.4 Å². The van der Waals surface area contributed by atoms with Crippen molar-refractivity contribution in [3.63, 3.8) is 0 Å². The summed E-state index contributed by atoms with van der Waals surface area (Å²) in [4.78, 5) is 14.6. The Hall–Kier alpha value is -2.44. The first-order chi connectivity index (χ1) is 8.97. The number of nitro groups is 1. The molecule has 0 atom stereocenters. The van der Waals surface area contributed by atoms with E-state index in [-0.39, 0.29) is 11.5 Å². The van der Waals surface area contributed by atoms with Crippen molar-refractivity contribution in [2.75, 3.05) is 5.32 Å². The molecule has 19 heavy (non-hydrogen) atoms. The second kappa shape index (κ2) is 5.05. The maximum atomic E-state index is 11.0. The Morgan fingerprint density at radius 1 is 1.47 bits per heavy atom. The Kier molecular flexibility index (Phi) is 3.46. The van der Waals surface area contributed by atoms with E-state index in [0.717, 1.165) is 16.8 Å². The van der Waals surface area contributed by atoms with Crippen molar-refractivity contribution in [2.45, 2.75) is 20.4 Å². The summed E-state index contributed by atoms with van der Waals surface area (Å²) in [7, 11) is 1.84. The molecule has 2 aromatic heterocycles. The van der Waals surface area contributed by atoms with Crippen LogP contribution in [0, 0.1) is 24.0 Å². The second-order valence-corrected chi connectivity index (χ2v) is 4.40. The van der Waals surface area contributed by atoms with Gasteiger partial charge in [0.1, 0.15) is 0 Å². The van der Waals surface area contributed by atoms with Gasteiger partial charge in [0.2, 0.25) is 5.82 Å². The molecule has 7 nitrogen and oxygen atoms in total. The van der Waals surface area contributed by atoms with Crippen LogP contribution < -0.4 is 5.32 Å². The van der Waals surface area contributed by atoms with Crippen molar-refractivity contribution in [1.29, 1.82) is 0 Å². The van der Waals surface area contributed by atoms with Gasteiger partial charge in [0.15, 0.2) is 0 Å². The molecule has 0 amide bonds. The number of aryl methyl sites for hydroxylation is 3. The third-order valence-corrected chi connectivity index (χ3v) is 2.76. The number of nitrogens with one attached hydrogen (secondary N) is 1. The van der Waals surface area contributed by atoms with E-state index in [1.165, 1.54) is 6.07 Å². The van der Waals surface area contributed by atoms with Gasteiger partial charge in [0.25, 0.3) is 0 Å². The zero-order valence-corrected chi connectivity index (χ0v) is 11.0. The number of hydrogen-bond acceptors (Lipinski definition) is 5. The van der Waals surface area contributed by atoms with Crippen LogP contribution in [0.4, 0.5) is 11.5 Å². The highest BCUT2D eigenvalue weighted by molar-refractivity contribution is 5.56. The van der Waals surface area contributed by atoms with E-state index in [2.05, 4.69) is 15.4 Å². The van der Waals surface area contributed by atoms with Gasteiger partial charge in [-0.05, 0) is 19.4 Å². The lowest BCUT2D eigenvalue weighted by Gasteiger charge is -2.05. The van der Waals surface area contributed by atoms with Crippen LogP contribution in [0.1, 0.15) is 16.8 Å². The largest absolute Gasteiger partial charge is 0.360 e. The van der Waals surface area contributed by atoms with Gasteiger partial charge in [-0.25, -0.2) is 4.98 Å². The average Bonchev–Trinajstić information content (AvgIpc) is 2.66. The molecular formula is C12H15N5O2. The first kappa shape index (κ1) is 13.0. The van der Waals surface area contributed by atoms with E-state index in [9.17, 15) is 10.1 Å². The fourth-order valence-corrected chi connectivity index (χ4v) is 1.83. The summed E-state index contributed by atoms with van der Waals surface area (Å²) in [6, 6.07) is 1.51. The molecule has 0 spiro atoms.